The van der Waals surface area contributed by atoms with E-state index in [2.05, 4.69) is 15.4 Å². The molecule has 0 radical (unpaired) electrons. The smallest absolute Gasteiger partial charge is 0.339 e. The first kappa shape index (κ1) is 21.5. The quantitative estimate of drug-likeness (QED) is 0.556. The molecule has 0 bridgehead atoms. The number of hydrogen-bond acceptors (Lipinski definition) is 8. The molecule has 2 aliphatic heterocycles. The Labute approximate surface area is 189 Å². The summed E-state index contributed by atoms with van der Waals surface area (Å²) in [5.41, 5.74) is 2.75. The first-order valence-electron chi connectivity index (χ1n) is 10.3. The van der Waals surface area contributed by atoms with Crippen LogP contribution in [0.5, 0.6) is 0 Å². The van der Waals surface area contributed by atoms with Gasteiger partial charge >= 0.3 is 5.97 Å². The molecule has 5 rings (SSSR count). The van der Waals surface area contributed by atoms with Gasteiger partial charge in [-0.3, -0.25) is 4.79 Å². The molecule has 33 heavy (non-hydrogen) atoms. The third-order valence-corrected chi connectivity index (χ3v) is 7.89. The van der Waals surface area contributed by atoms with Crippen LogP contribution in [0.25, 0.3) is 5.52 Å². The summed E-state index contributed by atoms with van der Waals surface area (Å²) in [4.78, 5) is 29.6. The lowest BCUT2D eigenvalue weighted by atomic mass is 9.95. The number of aromatic nitrogens is 3. The van der Waals surface area contributed by atoms with Gasteiger partial charge in [-0.05, 0) is 36.2 Å². The van der Waals surface area contributed by atoms with Gasteiger partial charge in [-0.2, -0.15) is 9.40 Å². The van der Waals surface area contributed by atoms with Gasteiger partial charge in [0.1, 0.15) is 12.2 Å². The second-order valence-corrected chi connectivity index (χ2v) is 9.72. The highest BCUT2D eigenvalue weighted by atomic mass is 32.2. The van der Waals surface area contributed by atoms with Gasteiger partial charge in [0.2, 0.25) is 15.9 Å². The molecule has 0 spiro atoms. The first-order chi connectivity index (χ1) is 15.8. The molecule has 1 saturated heterocycles. The van der Waals surface area contributed by atoms with Gasteiger partial charge in [-0.15, -0.1) is 0 Å². The number of nitrogens with one attached hydrogen (secondary N) is 1. The minimum Gasteiger partial charge on any atom is -0.465 e. The Morgan fingerprint density at radius 1 is 1.27 bits per heavy atom. The maximum Gasteiger partial charge on any atom is 0.339 e. The SMILES string of the molecule is COC(=O)c1cn2ncnc(C3C(=O)Nc4ccc(S(=O)(=O)N5CCOCC5)cc43)c2c1C. The summed E-state index contributed by atoms with van der Waals surface area (Å²) in [6.07, 6.45) is 2.82. The van der Waals surface area contributed by atoms with Crippen LogP contribution in [-0.2, 0) is 24.3 Å². The second kappa shape index (κ2) is 7.90. The number of ether oxygens (including phenoxy) is 2. The molecule has 2 aromatic heterocycles. The lowest BCUT2D eigenvalue weighted by Crippen LogP contribution is -2.40. The Bertz CT molecular complexity index is 1390. The number of esters is 1. The maximum atomic E-state index is 13.2. The van der Waals surface area contributed by atoms with Crippen molar-refractivity contribution in [2.75, 3.05) is 38.7 Å². The summed E-state index contributed by atoms with van der Waals surface area (Å²) in [5.74, 6) is -1.74. The highest BCUT2D eigenvalue weighted by molar-refractivity contribution is 7.89. The van der Waals surface area contributed by atoms with E-state index in [0.29, 0.717) is 46.8 Å². The van der Waals surface area contributed by atoms with Crippen molar-refractivity contribution in [1.29, 1.82) is 0 Å². The zero-order valence-electron chi connectivity index (χ0n) is 17.9. The minimum absolute atomic E-state index is 0.0945. The molecule has 1 fully saturated rings. The van der Waals surface area contributed by atoms with Crippen molar-refractivity contribution in [3.8, 4) is 0 Å². The lowest BCUT2D eigenvalue weighted by Gasteiger charge is -2.26. The highest BCUT2D eigenvalue weighted by Gasteiger charge is 2.37. The fraction of sp³-hybridized carbons (Fsp3) is 0.333. The molecular weight excluding hydrogens is 450 g/mol. The van der Waals surface area contributed by atoms with E-state index in [1.165, 1.54) is 40.6 Å². The summed E-state index contributed by atoms with van der Waals surface area (Å²) in [7, 11) is -2.47. The Morgan fingerprint density at radius 2 is 2.03 bits per heavy atom. The number of aryl methyl sites for hydroxylation is 1. The number of morpholine rings is 1. The molecule has 11 nitrogen and oxygen atoms in total. The third-order valence-electron chi connectivity index (χ3n) is 6.00. The molecule has 172 valence electrons. The van der Waals surface area contributed by atoms with Crippen LogP contribution < -0.4 is 5.32 Å². The minimum atomic E-state index is -3.75. The normalized spacial score (nSPS) is 18.8. The van der Waals surface area contributed by atoms with E-state index in [9.17, 15) is 18.0 Å². The van der Waals surface area contributed by atoms with Crippen LogP contribution in [0.1, 0.15) is 33.1 Å². The number of carbonyl (C=O) groups is 2. The van der Waals surface area contributed by atoms with E-state index in [1.807, 2.05) is 0 Å². The van der Waals surface area contributed by atoms with Crippen LogP contribution in [0.15, 0.2) is 35.6 Å². The highest BCUT2D eigenvalue weighted by Crippen LogP contribution is 2.40. The Morgan fingerprint density at radius 3 is 2.76 bits per heavy atom. The first-order valence-corrected chi connectivity index (χ1v) is 11.7. The largest absolute Gasteiger partial charge is 0.465 e. The summed E-state index contributed by atoms with van der Waals surface area (Å²) >= 11 is 0. The number of anilines is 1. The molecular formula is C21H21N5O6S. The molecule has 4 heterocycles. The zero-order valence-corrected chi connectivity index (χ0v) is 18.8. The summed E-state index contributed by atoms with van der Waals surface area (Å²) in [5, 5.41) is 6.96. The molecule has 1 amide bonds. The Balaban J connectivity index is 1.63. The maximum absolute atomic E-state index is 13.2. The van der Waals surface area contributed by atoms with Gasteiger partial charge in [-0.1, -0.05) is 0 Å². The van der Waals surface area contributed by atoms with Gasteiger partial charge in [0.15, 0.2) is 0 Å². The molecule has 1 aromatic carbocycles. The molecule has 1 N–H and O–H groups in total. The molecule has 1 unspecified atom stereocenters. The number of carbonyl (C=O) groups excluding carboxylic acids is 2. The average Bonchev–Trinajstić information content (AvgIpc) is 3.34. The number of sulfonamides is 1. The van der Waals surface area contributed by atoms with Gasteiger partial charge < -0.3 is 14.8 Å². The van der Waals surface area contributed by atoms with Crippen LogP contribution in [-0.4, -0.2) is 72.6 Å². The van der Waals surface area contributed by atoms with Gasteiger partial charge in [-0.25, -0.2) is 22.7 Å². The summed E-state index contributed by atoms with van der Waals surface area (Å²) in [6, 6.07) is 4.59. The molecule has 2 aliphatic rings. The summed E-state index contributed by atoms with van der Waals surface area (Å²) in [6.45, 7) is 2.93. The molecule has 3 aromatic rings. The number of hydrogen-bond donors (Lipinski definition) is 1. The lowest BCUT2D eigenvalue weighted by molar-refractivity contribution is -0.116. The fourth-order valence-electron chi connectivity index (χ4n) is 4.32. The van der Waals surface area contributed by atoms with Crippen LogP contribution in [0.3, 0.4) is 0 Å². The van der Waals surface area contributed by atoms with Crippen LogP contribution in [0.2, 0.25) is 0 Å². The van der Waals surface area contributed by atoms with E-state index in [4.69, 9.17) is 9.47 Å². The number of methoxy groups -OCH3 is 1. The topological polar surface area (TPSA) is 132 Å². The number of benzene rings is 1. The molecule has 1 atom stereocenters. The van der Waals surface area contributed by atoms with Crippen LogP contribution in [0.4, 0.5) is 5.69 Å². The molecule has 0 aliphatic carbocycles. The zero-order chi connectivity index (χ0) is 23.3. The van der Waals surface area contributed by atoms with Crippen molar-refractivity contribution in [3.63, 3.8) is 0 Å². The Kier molecular flexibility index (Phi) is 5.15. The van der Waals surface area contributed by atoms with Crippen molar-refractivity contribution in [3.05, 3.63) is 53.1 Å². The van der Waals surface area contributed by atoms with Crippen molar-refractivity contribution in [2.24, 2.45) is 0 Å². The number of nitrogens with zero attached hydrogens (tertiary/aromatic N) is 4. The monoisotopic (exact) mass is 471 g/mol. The predicted octanol–water partition coefficient (Wildman–Crippen LogP) is 0.929. The van der Waals surface area contributed by atoms with E-state index in [0.717, 1.165) is 0 Å². The number of rotatable bonds is 4. The van der Waals surface area contributed by atoms with E-state index in [1.54, 1.807) is 13.0 Å². The van der Waals surface area contributed by atoms with E-state index >= 15 is 0 Å². The number of fused-ring (bicyclic) bond motifs is 2. The predicted molar refractivity (Wildman–Crippen MR) is 116 cm³/mol. The van der Waals surface area contributed by atoms with Crippen molar-refractivity contribution < 1.29 is 27.5 Å². The Hall–Kier alpha value is -3.35. The molecule has 0 saturated carbocycles. The van der Waals surface area contributed by atoms with E-state index < -0.39 is 21.9 Å². The number of amides is 1. The summed E-state index contributed by atoms with van der Waals surface area (Å²) < 4.78 is 39.3. The van der Waals surface area contributed by atoms with Gasteiger partial charge in [0, 0.05) is 25.0 Å². The van der Waals surface area contributed by atoms with Crippen molar-refractivity contribution in [2.45, 2.75) is 17.7 Å². The molecule has 12 heteroatoms. The van der Waals surface area contributed by atoms with Crippen molar-refractivity contribution in [1.82, 2.24) is 18.9 Å². The van der Waals surface area contributed by atoms with Gasteiger partial charge in [0.05, 0.1) is 42.0 Å². The average molecular weight is 471 g/mol. The van der Waals surface area contributed by atoms with E-state index in [-0.39, 0.29) is 23.9 Å². The second-order valence-electron chi connectivity index (χ2n) is 7.79. The van der Waals surface area contributed by atoms with Gasteiger partial charge in [0.25, 0.3) is 0 Å². The third kappa shape index (κ3) is 3.37. The standard InChI is InChI=1S/C21H21N5O6S/c1-12-15(21(28)31-2)10-26-19(12)18(22-11-23-26)17-14-9-13(3-4-16(14)24-20(17)27)33(29,30)25-5-7-32-8-6-25/h3-4,9-11,17H,5-8H2,1-2H3,(H,24,27). The van der Waals surface area contributed by atoms with Crippen LogP contribution >= 0.6 is 0 Å². The fourth-order valence-corrected chi connectivity index (χ4v) is 5.77. The van der Waals surface area contributed by atoms with Crippen LogP contribution in [0, 0.1) is 6.92 Å². The van der Waals surface area contributed by atoms with Crippen molar-refractivity contribution >= 4 is 33.1 Å².